The summed E-state index contributed by atoms with van der Waals surface area (Å²) in [5.74, 6) is -2.63. The average Bonchev–Trinajstić information content (AvgIpc) is 2.74. The van der Waals surface area contributed by atoms with Crippen LogP contribution in [0.25, 0.3) is 0 Å². The van der Waals surface area contributed by atoms with Gasteiger partial charge in [0, 0.05) is 34.3 Å². The molecule has 0 bridgehead atoms. The first-order valence-electron chi connectivity index (χ1n) is 10.6. The lowest BCUT2D eigenvalue weighted by atomic mass is 9.69. The normalized spacial score (nSPS) is 22.9. The molecule has 2 aromatic rings. The van der Waals surface area contributed by atoms with Gasteiger partial charge in [-0.25, -0.2) is 0 Å². The number of ether oxygens (including phenoxy) is 1. The lowest BCUT2D eigenvalue weighted by Gasteiger charge is -2.36. The molecule has 3 unspecified atom stereocenters. The molecule has 32 heavy (non-hydrogen) atoms. The van der Waals surface area contributed by atoms with E-state index in [9.17, 15) is 19.8 Å². The van der Waals surface area contributed by atoms with Crippen molar-refractivity contribution in [3.63, 3.8) is 0 Å². The average molecular weight is 454 g/mol. The third-order valence-corrected chi connectivity index (χ3v) is 6.39. The van der Waals surface area contributed by atoms with Gasteiger partial charge in [-0.1, -0.05) is 29.8 Å². The Morgan fingerprint density at radius 3 is 2.50 bits per heavy atom. The Morgan fingerprint density at radius 2 is 1.84 bits per heavy atom. The number of ketones is 1. The minimum atomic E-state index is -1.04. The molecule has 0 fully saturated rings. The number of halogens is 1. The minimum Gasteiger partial charge on any atom is -0.504 e. The van der Waals surface area contributed by atoms with Crippen LogP contribution in [0.3, 0.4) is 0 Å². The van der Waals surface area contributed by atoms with Gasteiger partial charge in [0.1, 0.15) is 5.92 Å². The number of carbonyl (C=O) groups excluding carboxylic acids is 1. The van der Waals surface area contributed by atoms with Crippen LogP contribution in [0.15, 0.2) is 58.7 Å². The van der Waals surface area contributed by atoms with E-state index in [1.807, 2.05) is 12.1 Å². The molecule has 2 aliphatic rings. The molecule has 4 rings (SSSR count). The fourth-order valence-electron chi connectivity index (χ4n) is 4.71. The van der Waals surface area contributed by atoms with Gasteiger partial charge in [0.05, 0.1) is 6.61 Å². The van der Waals surface area contributed by atoms with Crippen molar-refractivity contribution in [2.75, 3.05) is 6.61 Å². The molecule has 2 N–H and O–H groups in total. The minimum absolute atomic E-state index is 0.0318. The van der Waals surface area contributed by atoms with Crippen molar-refractivity contribution < 1.29 is 24.5 Å². The van der Waals surface area contributed by atoms with Gasteiger partial charge in [-0.3, -0.25) is 14.6 Å². The highest BCUT2D eigenvalue weighted by Gasteiger charge is 2.44. The Hall–Kier alpha value is -3.12. The van der Waals surface area contributed by atoms with Crippen LogP contribution in [0.4, 0.5) is 0 Å². The Morgan fingerprint density at radius 1 is 1.16 bits per heavy atom. The standard InChI is InChI=1S/C25H24ClNO5/c1-3-32-21-12-15(6-9-19(21)28)23-22(25(30)31)13(2)27-18-10-16(11-20(29)24(18)23)14-4-7-17(26)8-5-14/h4-9,12,16,22-23,28H,3,10-11H2,1-2H3,(H,30,31). The van der Waals surface area contributed by atoms with Crippen molar-refractivity contribution >= 4 is 29.1 Å². The first-order chi connectivity index (χ1) is 15.3. The molecule has 0 saturated carbocycles. The van der Waals surface area contributed by atoms with Crippen molar-refractivity contribution in [3.05, 3.63) is 69.9 Å². The topological polar surface area (TPSA) is 96.2 Å². The Labute approximate surface area is 191 Å². The van der Waals surface area contributed by atoms with Gasteiger partial charge < -0.3 is 14.9 Å². The number of carboxylic acid groups (broad SMARTS) is 1. The predicted molar refractivity (Wildman–Crippen MR) is 122 cm³/mol. The number of aromatic hydroxyl groups is 1. The third-order valence-electron chi connectivity index (χ3n) is 6.14. The number of rotatable bonds is 5. The maximum atomic E-state index is 13.4. The molecule has 3 atom stereocenters. The van der Waals surface area contributed by atoms with Crippen LogP contribution in [-0.2, 0) is 9.59 Å². The number of allylic oxidation sites excluding steroid dienone is 2. The number of benzene rings is 2. The Kier molecular flexibility index (Phi) is 6.07. The van der Waals surface area contributed by atoms with Crippen LogP contribution in [0.1, 0.15) is 49.7 Å². The number of carboxylic acids is 1. The zero-order valence-corrected chi connectivity index (χ0v) is 18.6. The van der Waals surface area contributed by atoms with Crippen LogP contribution in [0.2, 0.25) is 5.02 Å². The second-order valence-corrected chi connectivity index (χ2v) is 8.58. The molecule has 7 heteroatoms. The maximum Gasteiger partial charge on any atom is 0.313 e. The molecule has 166 valence electrons. The fraction of sp³-hybridized carbons (Fsp3) is 0.320. The molecule has 0 radical (unpaired) electrons. The van der Waals surface area contributed by atoms with Crippen molar-refractivity contribution in [2.24, 2.45) is 10.9 Å². The van der Waals surface area contributed by atoms with Crippen LogP contribution in [0, 0.1) is 5.92 Å². The Bertz CT molecular complexity index is 1140. The van der Waals surface area contributed by atoms with E-state index < -0.39 is 17.8 Å². The van der Waals surface area contributed by atoms with E-state index in [0.717, 1.165) is 5.56 Å². The maximum absolute atomic E-state index is 13.4. The van der Waals surface area contributed by atoms with Gasteiger partial charge in [-0.15, -0.1) is 0 Å². The summed E-state index contributed by atoms with van der Waals surface area (Å²) in [6.45, 7) is 3.84. The molecule has 0 aromatic heterocycles. The Balaban J connectivity index is 1.80. The fourth-order valence-corrected chi connectivity index (χ4v) is 4.83. The highest BCUT2D eigenvalue weighted by molar-refractivity contribution is 6.30. The number of phenols is 1. The predicted octanol–water partition coefficient (Wildman–Crippen LogP) is 5.10. The van der Waals surface area contributed by atoms with Crippen LogP contribution >= 0.6 is 11.6 Å². The van der Waals surface area contributed by atoms with Crippen LogP contribution < -0.4 is 4.74 Å². The van der Waals surface area contributed by atoms with E-state index in [1.54, 1.807) is 38.1 Å². The lowest BCUT2D eigenvalue weighted by molar-refractivity contribution is -0.139. The van der Waals surface area contributed by atoms with Gasteiger partial charge in [0.25, 0.3) is 0 Å². The molecular formula is C25H24ClNO5. The van der Waals surface area contributed by atoms with Crippen LogP contribution in [0.5, 0.6) is 11.5 Å². The number of aliphatic carboxylic acids is 1. The molecular weight excluding hydrogens is 430 g/mol. The molecule has 0 amide bonds. The molecule has 0 spiro atoms. The van der Waals surface area contributed by atoms with Crippen molar-refractivity contribution in [3.8, 4) is 11.5 Å². The van der Waals surface area contributed by atoms with Crippen molar-refractivity contribution in [1.29, 1.82) is 0 Å². The van der Waals surface area contributed by atoms with E-state index in [2.05, 4.69) is 4.99 Å². The SMILES string of the molecule is CCOc1cc(C2C3=C(CC(c4ccc(Cl)cc4)CC3=O)N=C(C)C2C(=O)O)ccc1O. The van der Waals surface area contributed by atoms with Gasteiger partial charge in [0.15, 0.2) is 17.3 Å². The second-order valence-electron chi connectivity index (χ2n) is 8.15. The molecule has 1 aliphatic carbocycles. The van der Waals surface area contributed by atoms with Gasteiger partial charge in [-0.2, -0.15) is 0 Å². The number of phenolic OH excluding ortho intramolecular Hbond substituents is 1. The monoisotopic (exact) mass is 453 g/mol. The first-order valence-corrected chi connectivity index (χ1v) is 10.9. The zero-order chi connectivity index (χ0) is 23.0. The smallest absolute Gasteiger partial charge is 0.313 e. The van der Waals surface area contributed by atoms with Gasteiger partial charge in [-0.05, 0) is 61.6 Å². The van der Waals surface area contributed by atoms with Gasteiger partial charge >= 0.3 is 5.97 Å². The summed E-state index contributed by atoms with van der Waals surface area (Å²) in [5.41, 5.74) is 3.14. The number of aliphatic imine (C=N–C) groups is 1. The number of Topliss-reactive ketones (excluding diaryl/α,β-unsaturated/α-hetero) is 1. The second kappa shape index (κ2) is 8.79. The quantitative estimate of drug-likeness (QED) is 0.656. The van der Waals surface area contributed by atoms with Crippen molar-refractivity contribution in [1.82, 2.24) is 0 Å². The molecule has 6 nitrogen and oxygen atoms in total. The summed E-state index contributed by atoms with van der Waals surface area (Å²) in [6, 6.07) is 12.2. The first kappa shape index (κ1) is 22.1. The molecule has 1 aliphatic heterocycles. The van der Waals surface area contributed by atoms with E-state index >= 15 is 0 Å². The molecule has 1 heterocycles. The lowest BCUT2D eigenvalue weighted by Crippen LogP contribution is -2.37. The number of carbonyl (C=O) groups is 2. The summed E-state index contributed by atoms with van der Waals surface area (Å²) in [7, 11) is 0. The largest absolute Gasteiger partial charge is 0.504 e. The summed E-state index contributed by atoms with van der Waals surface area (Å²) in [4.78, 5) is 30.2. The van der Waals surface area contributed by atoms with Crippen molar-refractivity contribution in [2.45, 2.75) is 38.5 Å². The number of nitrogens with zero attached hydrogens (tertiary/aromatic N) is 1. The van der Waals surface area contributed by atoms with Crippen LogP contribution in [-0.4, -0.2) is 34.3 Å². The van der Waals surface area contributed by atoms with E-state index in [1.165, 1.54) is 6.07 Å². The van der Waals surface area contributed by atoms with E-state index in [-0.39, 0.29) is 29.6 Å². The highest BCUT2D eigenvalue weighted by Crippen LogP contribution is 2.47. The summed E-state index contributed by atoms with van der Waals surface area (Å²) in [6.07, 6.45) is 0.813. The molecule has 0 saturated heterocycles. The zero-order valence-electron chi connectivity index (χ0n) is 17.8. The summed E-state index contributed by atoms with van der Waals surface area (Å²) < 4.78 is 5.50. The van der Waals surface area contributed by atoms with E-state index in [4.69, 9.17) is 16.3 Å². The third kappa shape index (κ3) is 4.02. The summed E-state index contributed by atoms with van der Waals surface area (Å²) >= 11 is 6.01. The molecule has 2 aromatic carbocycles. The summed E-state index contributed by atoms with van der Waals surface area (Å²) in [5, 5.41) is 20.7. The highest BCUT2D eigenvalue weighted by atomic mass is 35.5. The number of hydrogen-bond acceptors (Lipinski definition) is 5. The number of hydrogen-bond donors (Lipinski definition) is 2. The van der Waals surface area contributed by atoms with Gasteiger partial charge in [0.2, 0.25) is 0 Å². The van der Waals surface area contributed by atoms with E-state index in [0.29, 0.717) is 40.6 Å².